The van der Waals surface area contributed by atoms with Gasteiger partial charge in [0.05, 0.1) is 23.9 Å². The van der Waals surface area contributed by atoms with Gasteiger partial charge < -0.3 is 10.1 Å². The predicted octanol–water partition coefficient (Wildman–Crippen LogP) is 2.42. The predicted molar refractivity (Wildman–Crippen MR) is 102 cm³/mol. The van der Waals surface area contributed by atoms with Crippen molar-refractivity contribution in [1.82, 2.24) is 25.1 Å². The van der Waals surface area contributed by atoms with Crippen LogP contribution in [0.2, 0.25) is 0 Å². The molecule has 1 unspecified atom stereocenters. The lowest BCUT2D eigenvalue weighted by Crippen LogP contribution is -2.33. The highest BCUT2D eigenvalue weighted by Crippen LogP contribution is 2.32. The highest BCUT2D eigenvalue weighted by atomic mass is 32.1. The molecule has 0 radical (unpaired) electrons. The largest absolute Gasteiger partial charge is 0.389 e. The van der Waals surface area contributed by atoms with Crippen LogP contribution in [0.25, 0.3) is 20.7 Å². The molecule has 4 rings (SSSR count). The van der Waals surface area contributed by atoms with Gasteiger partial charge in [0.15, 0.2) is 0 Å². The minimum atomic E-state index is -0.604. The zero-order valence-electron chi connectivity index (χ0n) is 15.0. The number of β-amino-alcohol motifs (C(OH)–C–C–N with tert-alkyl or cyclic N) is 1. The van der Waals surface area contributed by atoms with Gasteiger partial charge in [0, 0.05) is 29.2 Å². The summed E-state index contributed by atoms with van der Waals surface area (Å²) < 4.78 is 0.633. The van der Waals surface area contributed by atoms with E-state index < -0.39 is 5.60 Å². The summed E-state index contributed by atoms with van der Waals surface area (Å²) in [5, 5.41) is 17.5. The number of aliphatic hydroxyl groups is 1. The maximum atomic E-state index is 12.5. The van der Waals surface area contributed by atoms with Crippen molar-refractivity contribution in [2.45, 2.75) is 45.3 Å². The molecule has 0 aromatic carbocycles. The number of fused-ring (bicyclic) bond motifs is 1. The average molecular weight is 373 g/mol. The van der Waals surface area contributed by atoms with Gasteiger partial charge in [-0.1, -0.05) is 13.3 Å². The summed E-state index contributed by atoms with van der Waals surface area (Å²) in [4.78, 5) is 23.2. The number of H-pyrrole nitrogens is 2. The van der Waals surface area contributed by atoms with E-state index in [1.807, 2.05) is 13.0 Å². The Morgan fingerprint density at radius 1 is 1.46 bits per heavy atom. The Labute approximate surface area is 155 Å². The number of nitrogens with zero attached hydrogens (tertiary/aromatic N) is 3. The molecule has 1 aliphatic heterocycles. The Hall–Kier alpha value is -2.03. The summed E-state index contributed by atoms with van der Waals surface area (Å²) in [5.74, 6) is 0.650. The Balaban J connectivity index is 1.60. The van der Waals surface area contributed by atoms with Crippen LogP contribution in [0.15, 0.2) is 17.1 Å². The van der Waals surface area contributed by atoms with E-state index in [1.165, 1.54) is 11.3 Å². The van der Waals surface area contributed by atoms with Crippen molar-refractivity contribution in [2.24, 2.45) is 0 Å². The van der Waals surface area contributed by atoms with Crippen LogP contribution in [-0.2, 0) is 6.54 Å². The highest BCUT2D eigenvalue weighted by molar-refractivity contribution is 7.22. The van der Waals surface area contributed by atoms with Gasteiger partial charge in [0.1, 0.15) is 10.5 Å². The van der Waals surface area contributed by atoms with Crippen LogP contribution in [0.5, 0.6) is 0 Å². The first-order chi connectivity index (χ1) is 12.5. The van der Waals surface area contributed by atoms with Crippen molar-refractivity contribution in [3.63, 3.8) is 0 Å². The molecule has 0 bridgehead atoms. The van der Waals surface area contributed by atoms with Crippen LogP contribution < -0.4 is 5.56 Å². The first-order valence-corrected chi connectivity index (χ1v) is 9.77. The van der Waals surface area contributed by atoms with Gasteiger partial charge in [-0.15, -0.1) is 11.3 Å². The molecule has 1 fully saturated rings. The van der Waals surface area contributed by atoms with Crippen LogP contribution in [0.4, 0.5) is 0 Å². The first-order valence-electron chi connectivity index (χ1n) is 8.95. The first kappa shape index (κ1) is 17.4. The zero-order valence-corrected chi connectivity index (χ0v) is 15.8. The van der Waals surface area contributed by atoms with E-state index in [0.717, 1.165) is 41.9 Å². The number of aromatic nitrogens is 4. The summed E-state index contributed by atoms with van der Waals surface area (Å²) in [6, 6.07) is 1.95. The second kappa shape index (κ2) is 6.61. The smallest absolute Gasteiger partial charge is 0.268 e. The van der Waals surface area contributed by atoms with Crippen molar-refractivity contribution in [3.05, 3.63) is 34.1 Å². The van der Waals surface area contributed by atoms with Crippen LogP contribution >= 0.6 is 11.3 Å². The Kier molecular flexibility index (Phi) is 4.42. The fraction of sp³-hybridized carbons (Fsp3) is 0.500. The number of thiophene rings is 1. The summed E-state index contributed by atoms with van der Waals surface area (Å²) in [7, 11) is 0. The fourth-order valence-electron chi connectivity index (χ4n) is 3.75. The van der Waals surface area contributed by atoms with Gasteiger partial charge in [-0.25, -0.2) is 4.98 Å². The van der Waals surface area contributed by atoms with Gasteiger partial charge in [0.25, 0.3) is 5.56 Å². The molecule has 0 saturated carbocycles. The molecule has 3 aromatic heterocycles. The Bertz CT molecular complexity index is 991. The topological polar surface area (TPSA) is 97.9 Å². The average Bonchev–Trinajstić information content (AvgIpc) is 3.27. The molecule has 1 saturated heterocycles. The third-order valence-corrected chi connectivity index (χ3v) is 6.18. The molecule has 0 spiro atoms. The number of hydrogen-bond acceptors (Lipinski definition) is 6. The number of rotatable bonds is 5. The molecular formula is C18H23N5O2S. The third kappa shape index (κ3) is 3.20. The standard InChI is InChI=1S/C18H23N5O2S/c1-3-4-18(25)5-6-23(10-18)9-15-20-13-7-14(12-8-19-22-11(12)2)26-16(13)17(24)21-15/h7-8,25H,3-6,9-10H2,1-2H3,(H,19,22)(H,20,21,24). The fourth-order valence-corrected chi connectivity index (χ4v) is 4.81. The van der Waals surface area contributed by atoms with E-state index in [9.17, 15) is 9.90 Å². The minimum Gasteiger partial charge on any atom is -0.389 e. The second-order valence-electron chi connectivity index (χ2n) is 7.18. The van der Waals surface area contributed by atoms with E-state index in [2.05, 4.69) is 32.0 Å². The number of hydrogen-bond donors (Lipinski definition) is 3. The number of aryl methyl sites for hydroxylation is 1. The van der Waals surface area contributed by atoms with Crippen molar-refractivity contribution >= 4 is 21.6 Å². The number of likely N-dealkylation sites (tertiary alicyclic amines) is 1. The molecular weight excluding hydrogens is 350 g/mol. The SMILES string of the molecule is CCCC1(O)CCN(Cc2nc3cc(-c4cn[nH]c4C)sc3c(=O)[nH]2)C1. The second-order valence-corrected chi connectivity index (χ2v) is 8.23. The van der Waals surface area contributed by atoms with E-state index in [-0.39, 0.29) is 5.56 Å². The third-order valence-electron chi connectivity index (χ3n) is 5.03. The highest BCUT2D eigenvalue weighted by Gasteiger charge is 2.35. The normalized spacial score (nSPS) is 21.0. The van der Waals surface area contributed by atoms with E-state index in [4.69, 9.17) is 0 Å². The van der Waals surface area contributed by atoms with Crippen LogP contribution in [0, 0.1) is 6.92 Å². The summed E-state index contributed by atoms with van der Waals surface area (Å²) >= 11 is 1.43. The van der Waals surface area contributed by atoms with E-state index >= 15 is 0 Å². The van der Waals surface area contributed by atoms with Crippen LogP contribution in [0.1, 0.15) is 37.7 Å². The van der Waals surface area contributed by atoms with Crippen LogP contribution in [-0.4, -0.2) is 48.9 Å². The zero-order chi connectivity index (χ0) is 18.3. The number of nitrogens with one attached hydrogen (secondary N) is 2. The van der Waals surface area contributed by atoms with Crippen molar-refractivity contribution in [3.8, 4) is 10.4 Å². The van der Waals surface area contributed by atoms with Gasteiger partial charge in [0.2, 0.25) is 0 Å². The molecule has 7 nitrogen and oxygen atoms in total. The summed E-state index contributed by atoms with van der Waals surface area (Å²) in [5.41, 5.74) is 1.98. The molecule has 1 aliphatic rings. The van der Waals surface area contributed by atoms with Crippen LogP contribution in [0.3, 0.4) is 0 Å². The molecule has 0 aliphatic carbocycles. The lowest BCUT2D eigenvalue weighted by atomic mass is 9.98. The molecule has 3 aromatic rings. The van der Waals surface area contributed by atoms with Crippen molar-refractivity contribution < 1.29 is 5.11 Å². The molecule has 8 heteroatoms. The quantitative estimate of drug-likeness (QED) is 0.638. The van der Waals surface area contributed by atoms with Crippen molar-refractivity contribution in [1.29, 1.82) is 0 Å². The summed E-state index contributed by atoms with van der Waals surface area (Å²) in [6.07, 6.45) is 4.32. The molecule has 1 atom stereocenters. The molecule has 4 heterocycles. The minimum absolute atomic E-state index is 0.106. The van der Waals surface area contributed by atoms with E-state index in [0.29, 0.717) is 29.1 Å². The van der Waals surface area contributed by atoms with Crippen molar-refractivity contribution in [2.75, 3.05) is 13.1 Å². The maximum absolute atomic E-state index is 12.5. The van der Waals surface area contributed by atoms with Gasteiger partial charge >= 0.3 is 0 Å². The van der Waals surface area contributed by atoms with E-state index in [1.54, 1.807) is 6.20 Å². The van der Waals surface area contributed by atoms with Gasteiger partial charge in [-0.05, 0) is 25.8 Å². The van der Waals surface area contributed by atoms with Gasteiger partial charge in [-0.2, -0.15) is 5.10 Å². The lowest BCUT2D eigenvalue weighted by molar-refractivity contribution is 0.0389. The maximum Gasteiger partial charge on any atom is 0.268 e. The molecule has 3 N–H and O–H groups in total. The summed E-state index contributed by atoms with van der Waals surface area (Å²) in [6.45, 7) is 6.05. The molecule has 0 amide bonds. The Morgan fingerprint density at radius 2 is 2.31 bits per heavy atom. The van der Waals surface area contributed by atoms with Gasteiger partial charge in [-0.3, -0.25) is 14.8 Å². The monoisotopic (exact) mass is 373 g/mol. The molecule has 138 valence electrons. The Morgan fingerprint density at radius 3 is 3.04 bits per heavy atom. The molecule has 26 heavy (non-hydrogen) atoms. The lowest BCUT2D eigenvalue weighted by Gasteiger charge is -2.22. The number of aromatic amines is 2.